The Hall–Kier alpha value is -8.38. The Morgan fingerprint density at radius 2 is 0.605 bits per heavy atom. The maximum Gasteiger partial charge on any atom is 0.343 e. The minimum Gasteiger partial charge on any atom is -0.488 e. The van der Waals surface area contributed by atoms with Crippen molar-refractivity contribution >= 4 is 11.9 Å². The van der Waals surface area contributed by atoms with Crippen LogP contribution in [0.2, 0.25) is 0 Å². The van der Waals surface area contributed by atoms with Gasteiger partial charge in [0.1, 0.15) is 36.2 Å². The molecule has 8 aromatic rings. The molecule has 0 saturated heterocycles. The number of fused-ring (bicyclic) bond motifs is 8. The lowest BCUT2D eigenvalue weighted by molar-refractivity contribution is -0.143. The molecule has 12 heteroatoms. The van der Waals surface area contributed by atoms with E-state index in [0.717, 1.165) is 112 Å². The zero-order chi connectivity index (χ0) is 61.9. The Labute approximate surface area is 509 Å². The number of hydrogen-bond donors (Lipinski definition) is 0. The summed E-state index contributed by atoms with van der Waals surface area (Å²) in [6.07, 6.45) is 8.86. The third kappa shape index (κ3) is 15.0. The van der Waals surface area contributed by atoms with E-state index in [0.29, 0.717) is 48.7 Å². The Morgan fingerprint density at radius 1 is 0.360 bits per heavy atom. The zero-order valence-electron chi connectivity index (χ0n) is 53.3. The Kier molecular flexibility index (Phi) is 18.3. The Balaban J connectivity index is 1.32. The van der Waals surface area contributed by atoms with Gasteiger partial charge >= 0.3 is 11.9 Å². The molecule has 4 aromatic carbocycles. The number of rotatable bonds is 14. The van der Waals surface area contributed by atoms with E-state index < -0.39 is 11.9 Å². The number of pyridine rings is 4. The van der Waals surface area contributed by atoms with Crippen LogP contribution in [0.25, 0.3) is 22.8 Å². The zero-order valence-corrected chi connectivity index (χ0v) is 53.3. The van der Waals surface area contributed by atoms with Crippen LogP contribution >= 0.6 is 0 Å². The number of esters is 2. The summed E-state index contributed by atoms with van der Waals surface area (Å²) >= 11 is 0. The molecule has 12 nitrogen and oxygen atoms in total. The van der Waals surface area contributed by atoms with E-state index in [2.05, 4.69) is 142 Å². The second-order valence-electron chi connectivity index (χ2n) is 27.1. The van der Waals surface area contributed by atoms with Gasteiger partial charge in [-0.3, -0.25) is 19.9 Å². The highest BCUT2D eigenvalue weighted by Crippen LogP contribution is 2.45. The molecule has 86 heavy (non-hydrogen) atoms. The number of ether oxygens (including phenoxy) is 6. The van der Waals surface area contributed by atoms with E-state index in [1.807, 2.05) is 87.2 Å². The molecule has 0 spiro atoms. The normalized spacial score (nSPS) is 12.7. The van der Waals surface area contributed by atoms with Gasteiger partial charge in [-0.05, 0) is 138 Å². The van der Waals surface area contributed by atoms with Gasteiger partial charge in [0.15, 0.2) is 13.2 Å². The number of nitrogens with zero attached hydrogens (tertiary/aromatic N) is 4. The van der Waals surface area contributed by atoms with Crippen LogP contribution in [0.15, 0.2) is 122 Å². The SMILES string of the molecule is COC(=O)COc1c2cc(C(C)(C)C)cc1Cc1cc(C(C)(C)C)cc(c1OCc1ccc(-c3ccc(C)cn3)nc1)Cc1cc(C(C)(C)C)cc(c1OCC(=O)OC)Cc1cc(C(C)(C)C)cc(c1OCc1ccc(-c3ccc(C)cn3)nc1)C2. The standard InChI is InChI=1S/C74H84N4O8/c1-45-17-21-61(75-37-45)63-23-19-47(39-77-63)41-83-67-49-25-53-33-59(73(9,10)11)35-55(69(53)85-43-65(79)81-15)27-51-31-58(72(6,7)8)32-52(68(51)84-42-48-20-24-64(78-40-48)62-22-18-46(2)38-76-62)28-56-36-60(74(12,13)14)34-54(70(56)86-44-66(80)82-16)26-50(67)30-57(29-49)71(3,4)5/h17-24,29-40H,25-28,41-44H2,1-16H3. The summed E-state index contributed by atoms with van der Waals surface area (Å²) in [4.78, 5) is 45.6. The van der Waals surface area contributed by atoms with E-state index in [4.69, 9.17) is 38.4 Å². The lowest BCUT2D eigenvalue weighted by atomic mass is 9.79. The highest BCUT2D eigenvalue weighted by molar-refractivity contribution is 5.72. The summed E-state index contributed by atoms with van der Waals surface area (Å²) in [7, 11) is 2.76. The van der Waals surface area contributed by atoms with Crippen molar-refractivity contribution in [2.45, 2.75) is 157 Å². The number of methoxy groups -OCH3 is 2. The van der Waals surface area contributed by atoms with Crippen LogP contribution in [0.3, 0.4) is 0 Å². The second kappa shape index (κ2) is 25.3. The smallest absolute Gasteiger partial charge is 0.343 e. The number of aromatic nitrogens is 4. The minimum absolute atomic E-state index is 0.207. The number of carbonyl (C=O) groups excluding carboxylic acids is 2. The summed E-state index contributed by atoms with van der Waals surface area (Å²) in [5, 5.41) is 0. The highest BCUT2D eigenvalue weighted by atomic mass is 16.6. The van der Waals surface area contributed by atoms with E-state index in [1.54, 1.807) is 0 Å². The molecule has 9 rings (SSSR count). The van der Waals surface area contributed by atoms with E-state index in [1.165, 1.54) is 14.2 Å². The lowest BCUT2D eigenvalue weighted by Gasteiger charge is -2.29. The van der Waals surface area contributed by atoms with Gasteiger partial charge in [0, 0.05) is 61.6 Å². The molecule has 0 amide bonds. The van der Waals surface area contributed by atoms with Crippen LogP contribution in [0.1, 0.15) is 172 Å². The molecule has 8 bridgehead atoms. The molecular formula is C74H84N4O8. The fourth-order valence-corrected chi connectivity index (χ4v) is 10.6. The van der Waals surface area contributed by atoms with Crippen LogP contribution in [0, 0.1) is 13.8 Å². The Bertz CT molecular complexity index is 3400. The molecule has 4 heterocycles. The fourth-order valence-electron chi connectivity index (χ4n) is 10.6. The minimum atomic E-state index is -0.498. The molecule has 1 aliphatic rings. The molecule has 4 aromatic heterocycles. The maximum atomic E-state index is 13.3. The predicted molar refractivity (Wildman–Crippen MR) is 340 cm³/mol. The van der Waals surface area contributed by atoms with Crippen LogP contribution in [0.5, 0.6) is 23.0 Å². The van der Waals surface area contributed by atoms with Crippen molar-refractivity contribution in [1.82, 2.24) is 19.9 Å². The van der Waals surface area contributed by atoms with Crippen LogP contribution in [-0.2, 0) is 79.6 Å². The molecule has 0 fully saturated rings. The summed E-state index contributed by atoms with van der Waals surface area (Å²) in [6, 6.07) is 34.0. The van der Waals surface area contributed by atoms with E-state index in [9.17, 15) is 9.59 Å². The monoisotopic (exact) mass is 1160 g/mol. The third-order valence-electron chi connectivity index (χ3n) is 15.8. The van der Waals surface area contributed by atoms with Gasteiger partial charge in [-0.1, -0.05) is 156 Å². The first-order valence-corrected chi connectivity index (χ1v) is 29.7. The van der Waals surface area contributed by atoms with Crippen LogP contribution < -0.4 is 18.9 Å². The van der Waals surface area contributed by atoms with E-state index >= 15 is 0 Å². The number of hydrogen-bond acceptors (Lipinski definition) is 12. The lowest BCUT2D eigenvalue weighted by Crippen LogP contribution is -2.19. The molecule has 448 valence electrons. The molecule has 0 aliphatic heterocycles. The van der Waals surface area contributed by atoms with Crippen molar-refractivity contribution in [3.05, 3.63) is 211 Å². The maximum absolute atomic E-state index is 13.3. The number of carbonyl (C=O) groups is 2. The number of benzene rings is 4. The fraction of sp³-hybridized carbons (Fsp3) is 0.378. The van der Waals surface area contributed by atoms with Crippen molar-refractivity contribution in [1.29, 1.82) is 0 Å². The molecule has 0 saturated carbocycles. The third-order valence-corrected chi connectivity index (χ3v) is 15.8. The topological polar surface area (TPSA) is 141 Å². The molecule has 0 radical (unpaired) electrons. The van der Waals surface area contributed by atoms with Crippen LogP contribution in [-0.4, -0.2) is 59.3 Å². The molecule has 0 N–H and O–H groups in total. The van der Waals surface area contributed by atoms with Gasteiger partial charge in [0.2, 0.25) is 0 Å². The average molecular weight is 1160 g/mol. The molecule has 1 aliphatic carbocycles. The van der Waals surface area contributed by atoms with Crippen LogP contribution in [0.4, 0.5) is 0 Å². The number of aryl methyl sites for hydroxylation is 2. The summed E-state index contributed by atoms with van der Waals surface area (Å²) in [6.45, 7) is 30.5. The Morgan fingerprint density at radius 3 is 0.814 bits per heavy atom. The van der Waals surface area contributed by atoms with Crippen molar-refractivity contribution in [2.75, 3.05) is 27.4 Å². The first-order valence-electron chi connectivity index (χ1n) is 29.7. The largest absolute Gasteiger partial charge is 0.488 e. The van der Waals surface area contributed by atoms with Gasteiger partial charge in [0.05, 0.1) is 37.0 Å². The summed E-state index contributed by atoms with van der Waals surface area (Å²) in [5.41, 5.74) is 17.4. The first kappa shape index (κ1) is 62.2. The van der Waals surface area contributed by atoms with Gasteiger partial charge in [-0.25, -0.2) is 9.59 Å². The highest BCUT2D eigenvalue weighted by Gasteiger charge is 2.30. The van der Waals surface area contributed by atoms with Crippen molar-refractivity contribution < 1.29 is 38.0 Å². The van der Waals surface area contributed by atoms with Crippen molar-refractivity contribution in [3.63, 3.8) is 0 Å². The first-order chi connectivity index (χ1) is 40.6. The molecular weight excluding hydrogens is 1070 g/mol. The second-order valence-corrected chi connectivity index (χ2v) is 27.1. The average Bonchev–Trinajstić information content (AvgIpc) is 1.40. The van der Waals surface area contributed by atoms with Gasteiger partial charge in [0.25, 0.3) is 0 Å². The summed E-state index contributed by atoms with van der Waals surface area (Å²) in [5.74, 6) is 1.58. The van der Waals surface area contributed by atoms with E-state index in [-0.39, 0.29) is 48.1 Å². The quantitative estimate of drug-likeness (QED) is 0.0957. The predicted octanol–water partition coefficient (Wildman–Crippen LogP) is 15.3. The molecule has 0 unspecified atom stereocenters. The van der Waals surface area contributed by atoms with Gasteiger partial charge in [-0.2, -0.15) is 0 Å². The molecule has 0 atom stereocenters. The van der Waals surface area contributed by atoms with Gasteiger partial charge < -0.3 is 28.4 Å². The summed E-state index contributed by atoms with van der Waals surface area (Å²) < 4.78 is 38.7. The van der Waals surface area contributed by atoms with Crippen molar-refractivity contribution in [2.24, 2.45) is 0 Å². The van der Waals surface area contributed by atoms with Gasteiger partial charge in [-0.15, -0.1) is 0 Å². The van der Waals surface area contributed by atoms with Crippen molar-refractivity contribution in [3.8, 4) is 45.8 Å².